The van der Waals surface area contributed by atoms with Crippen molar-refractivity contribution in [2.45, 2.75) is 51.2 Å². The molecule has 1 heterocycles. The summed E-state index contributed by atoms with van der Waals surface area (Å²) >= 11 is 0. The number of hydrogen-bond donors (Lipinski definition) is 2. The maximum absolute atomic E-state index is 6.51. The number of nitrogens with two attached hydrogens (primary N) is 2. The molecule has 3 unspecified atom stereocenters. The van der Waals surface area contributed by atoms with Gasteiger partial charge in [0.05, 0.1) is 11.6 Å². The Bertz CT molecular complexity index is 420. The largest absolute Gasteiger partial charge is 0.383 e. The van der Waals surface area contributed by atoms with Crippen molar-refractivity contribution in [1.82, 2.24) is 4.98 Å². The van der Waals surface area contributed by atoms with Crippen LogP contribution in [0.15, 0.2) is 18.3 Å². The van der Waals surface area contributed by atoms with Crippen LogP contribution in [0.4, 0.5) is 5.82 Å². The van der Waals surface area contributed by atoms with Crippen LogP contribution in [0, 0.1) is 5.92 Å². The van der Waals surface area contributed by atoms with E-state index in [0.717, 1.165) is 24.8 Å². The molecule has 1 fully saturated rings. The van der Waals surface area contributed by atoms with Crippen LogP contribution in [0.2, 0.25) is 0 Å². The number of anilines is 1. The molecule has 1 aliphatic carbocycles. The molecule has 0 aliphatic heterocycles. The van der Waals surface area contributed by atoms with Crippen LogP contribution < -0.4 is 11.5 Å². The standard InChI is InChI=1S/C15H25N3O/c1-3-19-15(8-4-6-11(2)10-15)13(16)12-7-5-9-18-14(12)17/h5,7,9,11,13H,3-4,6,8,10,16H2,1-2H3,(H2,17,18). The van der Waals surface area contributed by atoms with Crippen LogP contribution in [-0.2, 0) is 4.74 Å². The smallest absolute Gasteiger partial charge is 0.128 e. The summed E-state index contributed by atoms with van der Waals surface area (Å²) in [7, 11) is 0. The lowest BCUT2D eigenvalue weighted by molar-refractivity contribution is -0.0937. The van der Waals surface area contributed by atoms with E-state index < -0.39 is 0 Å². The summed E-state index contributed by atoms with van der Waals surface area (Å²) in [5, 5.41) is 0. The van der Waals surface area contributed by atoms with Crippen LogP contribution in [0.5, 0.6) is 0 Å². The predicted octanol–water partition coefficient (Wildman–Crippen LogP) is 2.65. The number of ether oxygens (including phenoxy) is 1. The molecule has 1 saturated carbocycles. The SMILES string of the molecule is CCOC1(C(N)c2cccnc2N)CCCC(C)C1. The highest BCUT2D eigenvalue weighted by Gasteiger charge is 2.42. The van der Waals surface area contributed by atoms with Crippen molar-refractivity contribution in [3.63, 3.8) is 0 Å². The molecule has 0 saturated heterocycles. The second-order valence-electron chi connectivity index (χ2n) is 5.65. The van der Waals surface area contributed by atoms with Crippen molar-refractivity contribution in [2.75, 3.05) is 12.3 Å². The summed E-state index contributed by atoms with van der Waals surface area (Å²) in [6.45, 7) is 4.98. The van der Waals surface area contributed by atoms with Crippen LogP contribution in [-0.4, -0.2) is 17.2 Å². The molecule has 0 aromatic carbocycles. The van der Waals surface area contributed by atoms with Gasteiger partial charge in [0, 0.05) is 18.4 Å². The normalized spacial score (nSPS) is 29.1. The maximum Gasteiger partial charge on any atom is 0.128 e. The summed E-state index contributed by atoms with van der Waals surface area (Å²) in [5.74, 6) is 1.16. The van der Waals surface area contributed by atoms with Gasteiger partial charge in [-0.25, -0.2) is 4.98 Å². The van der Waals surface area contributed by atoms with Gasteiger partial charge in [-0.05, 0) is 31.7 Å². The number of rotatable bonds is 4. The molecule has 0 amide bonds. The van der Waals surface area contributed by atoms with Crippen molar-refractivity contribution in [3.05, 3.63) is 23.9 Å². The highest BCUT2D eigenvalue weighted by atomic mass is 16.5. The average molecular weight is 263 g/mol. The number of nitrogens with zero attached hydrogens (tertiary/aromatic N) is 1. The third-order valence-electron chi connectivity index (χ3n) is 4.20. The van der Waals surface area contributed by atoms with E-state index >= 15 is 0 Å². The molecule has 3 atom stereocenters. The molecule has 1 aromatic heterocycles. The second kappa shape index (κ2) is 5.88. The van der Waals surface area contributed by atoms with Crippen molar-refractivity contribution in [1.29, 1.82) is 0 Å². The first-order chi connectivity index (χ1) is 9.09. The summed E-state index contributed by atoms with van der Waals surface area (Å²) in [5.41, 5.74) is 13.1. The third-order valence-corrected chi connectivity index (χ3v) is 4.20. The van der Waals surface area contributed by atoms with E-state index in [9.17, 15) is 0 Å². The van der Waals surface area contributed by atoms with Crippen LogP contribution in [0.3, 0.4) is 0 Å². The fourth-order valence-corrected chi connectivity index (χ4v) is 3.31. The van der Waals surface area contributed by atoms with Gasteiger partial charge in [-0.3, -0.25) is 0 Å². The zero-order valence-corrected chi connectivity index (χ0v) is 11.9. The van der Waals surface area contributed by atoms with Gasteiger partial charge >= 0.3 is 0 Å². The van der Waals surface area contributed by atoms with Gasteiger partial charge in [0.25, 0.3) is 0 Å². The lowest BCUT2D eigenvalue weighted by atomic mass is 9.73. The fourth-order valence-electron chi connectivity index (χ4n) is 3.31. The summed E-state index contributed by atoms with van der Waals surface area (Å²) in [6.07, 6.45) is 6.11. The van der Waals surface area contributed by atoms with Crippen LogP contribution in [0.25, 0.3) is 0 Å². The molecule has 4 N–H and O–H groups in total. The first kappa shape index (κ1) is 14.3. The lowest BCUT2D eigenvalue weighted by Gasteiger charge is -2.44. The van der Waals surface area contributed by atoms with Crippen molar-refractivity contribution in [2.24, 2.45) is 11.7 Å². The van der Waals surface area contributed by atoms with Gasteiger partial charge in [0.1, 0.15) is 5.82 Å². The Balaban J connectivity index is 2.30. The first-order valence-electron chi connectivity index (χ1n) is 7.19. The Hall–Kier alpha value is -1.13. The zero-order valence-electron chi connectivity index (χ0n) is 11.9. The molecule has 4 nitrogen and oxygen atoms in total. The van der Waals surface area contributed by atoms with E-state index in [4.69, 9.17) is 16.2 Å². The molecule has 106 valence electrons. The van der Waals surface area contributed by atoms with Gasteiger partial charge in [0.15, 0.2) is 0 Å². The molecule has 4 heteroatoms. The maximum atomic E-state index is 6.51. The van der Waals surface area contributed by atoms with Crippen molar-refractivity contribution in [3.8, 4) is 0 Å². The van der Waals surface area contributed by atoms with E-state index in [0.29, 0.717) is 18.3 Å². The molecule has 2 rings (SSSR count). The summed E-state index contributed by atoms with van der Waals surface area (Å²) < 4.78 is 6.10. The minimum absolute atomic E-state index is 0.205. The molecule has 0 bridgehead atoms. The molecular weight excluding hydrogens is 238 g/mol. The number of pyridine rings is 1. The number of nitrogen functional groups attached to an aromatic ring is 1. The van der Waals surface area contributed by atoms with Gasteiger partial charge in [-0.2, -0.15) is 0 Å². The van der Waals surface area contributed by atoms with Gasteiger partial charge < -0.3 is 16.2 Å². The minimum Gasteiger partial charge on any atom is -0.383 e. The molecular formula is C15H25N3O. The number of aromatic nitrogens is 1. The summed E-state index contributed by atoms with van der Waals surface area (Å²) in [4.78, 5) is 4.15. The lowest BCUT2D eigenvalue weighted by Crippen LogP contribution is -2.47. The molecule has 0 radical (unpaired) electrons. The van der Waals surface area contributed by atoms with Gasteiger partial charge in [0.2, 0.25) is 0 Å². The van der Waals surface area contributed by atoms with Crippen molar-refractivity contribution >= 4 is 5.82 Å². The van der Waals surface area contributed by atoms with E-state index in [-0.39, 0.29) is 11.6 Å². The first-order valence-corrected chi connectivity index (χ1v) is 7.19. The van der Waals surface area contributed by atoms with Gasteiger partial charge in [-0.1, -0.05) is 25.8 Å². The predicted molar refractivity (Wildman–Crippen MR) is 77.6 cm³/mol. The van der Waals surface area contributed by atoms with Crippen LogP contribution in [0.1, 0.15) is 51.1 Å². The topological polar surface area (TPSA) is 74.2 Å². The van der Waals surface area contributed by atoms with E-state index in [1.165, 1.54) is 6.42 Å². The Morgan fingerprint density at radius 1 is 1.58 bits per heavy atom. The van der Waals surface area contributed by atoms with E-state index in [1.54, 1.807) is 6.20 Å². The Labute approximate surface area is 115 Å². The molecule has 0 spiro atoms. The monoisotopic (exact) mass is 263 g/mol. The van der Waals surface area contributed by atoms with Gasteiger partial charge in [-0.15, -0.1) is 0 Å². The Kier molecular flexibility index (Phi) is 4.42. The Morgan fingerprint density at radius 2 is 2.37 bits per heavy atom. The zero-order chi connectivity index (χ0) is 13.9. The molecule has 1 aromatic rings. The Morgan fingerprint density at radius 3 is 3.00 bits per heavy atom. The molecule has 19 heavy (non-hydrogen) atoms. The van der Waals surface area contributed by atoms with E-state index in [1.807, 2.05) is 19.1 Å². The molecule has 1 aliphatic rings. The quantitative estimate of drug-likeness (QED) is 0.875. The number of hydrogen-bond acceptors (Lipinski definition) is 4. The highest BCUT2D eigenvalue weighted by Crippen LogP contribution is 2.43. The third kappa shape index (κ3) is 2.90. The highest BCUT2D eigenvalue weighted by molar-refractivity contribution is 5.42. The van der Waals surface area contributed by atoms with Crippen LogP contribution >= 0.6 is 0 Å². The summed E-state index contributed by atoms with van der Waals surface area (Å²) in [6, 6.07) is 3.65. The fraction of sp³-hybridized carbons (Fsp3) is 0.667. The van der Waals surface area contributed by atoms with Crippen molar-refractivity contribution < 1.29 is 4.74 Å². The minimum atomic E-state index is -0.288. The van der Waals surface area contributed by atoms with E-state index in [2.05, 4.69) is 11.9 Å². The second-order valence-corrected chi connectivity index (χ2v) is 5.65. The average Bonchev–Trinajstić information content (AvgIpc) is 2.39.